The lowest BCUT2D eigenvalue weighted by Crippen LogP contribution is -2.16. The van der Waals surface area contributed by atoms with Crippen LogP contribution in [0.5, 0.6) is 0 Å². The van der Waals surface area contributed by atoms with E-state index in [9.17, 15) is 9.90 Å². The van der Waals surface area contributed by atoms with Crippen LogP contribution in [0.1, 0.15) is 22.6 Å². The third-order valence-corrected chi connectivity index (χ3v) is 4.57. The summed E-state index contributed by atoms with van der Waals surface area (Å²) in [6.45, 7) is 3.66. The number of aliphatic hydroxyl groups excluding tert-OH is 1. The van der Waals surface area contributed by atoms with Gasteiger partial charge in [0.05, 0.1) is 23.6 Å². The number of aromatic nitrogens is 1. The van der Waals surface area contributed by atoms with Crippen LogP contribution in [0, 0.1) is 13.8 Å². The van der Waals surface area contributed by atoms with E-state index in [0.29, 0.717) is 23.0 Å². The van der Waals surface area contributed by atoms with Gasteiger partial charge in [-0.1, -0.05) is 18.2 Å². The predicted octanol–water partition coefficient (Wildman–Crippen LogP) is 3.69. The fourth-order valence-electron chi connectivity index (χ4n) is 2.35. The fourth-order valence-corrected chi connectivity index (χ4v) is 3.00. The molecule has 0 bridgehead atoms. The summed E-state index contributed by atoms with van der Waals surface area (Å²) in [5.41, 5.74) is 3.03. The van der Waals surface area contributed by atoms with Crippen molar-refractivity contribution in [3.63, 3.8) is 0 Å². The smallest absolute Gasteiger partial charge is 0.236 e. The van der Waals surface area contributed by atoms with Gasteiger partial charge in [-0.2, -0.15) is 0 Å². The highest BCUT2D eigenvalue weighted by atomic mass is 32.1. The van der Waals surface area contributed by atoms with Crippen molar-refractivity contribution in [1.82, 2.24) is 4.98 Å². The van der Waals surface area contributed by atoms with E-state index in [2.05, 4.69) is 10.3 Å². The molecule has 3 aromatic rings. The number of anilines is 1. The summed E-state index contributed by atoms with van der Waals surface area (Å²) in [4.78, 5) is 17.7. The molecule has 124 valence electrons. The van der Waals surface area contributed by atoms with E-state index in [0.717, 1.165) is 16.0 Å². The number of carbonyl (C=O) groups excluding carboxylic acids is 1. The number of amides is 1. The van der Waals surface area contributed by atoms with Crippen molar-refractivity contribution in [3.05, 3.63) is 58.3 Å². The monoisotopic (exact) mass is 342 g/mol. The summed E-state index contributed by atoms with van der Waals surface area (Å²) in [6.07, 6.45) is 0.142. The van der Waals surface area contributed by atoms with Gasteiger partial charge in [-0.15, -0.1) is 11.3 Å². The van der Waals surface area contributed by atoms with Crippen molar-refractivity contribution in [2.24, 2.45) is 0 Å². The molecule has 0 fully saturated rings. The van der Waals surface area contributed by atoms with Gasteiger partial charge < -0.3 is 14.8 Å². The van der Waals surface area contributed by atoms with Gasteiger partial charge in [0.15, 0.2) is 0 Å². The summed E-state index contributed by atoms with van der Waals surface area (Å²) < 4.78 is 5.66. The molecule has 0 aliphatic carbocycles. The maximum atomic E-state index is 12.3. The van der Waals surface area contributed by atoms with Crippen molar-refractivity contribution in [1.29, 1.82) is 0 Å². The Kier molecular flexibility index (Phi) is 4.78. The molecule has 0 aliphatic rings. The van der Waals surface area contributed by atoms with Crippen molar-refractivity contribution < 1.29 is 14.3 Å². The molecule has 0 saturated carbocycles. The van der Waals surface area contributed by atoms with Crippen LogP contribution in [0.2, 0.25) is 0 Å². The average Bonchev–Trinajstić information content (AvgIpc) is 3.20. The molecule has 1 amide bonds. The number of nitrogens with one attached hydrogen (secondary N) is 1. The highest BCUT2D eigenvalue weighted by Crippen LogP contribution is 2.26. The lowest BCUT2D eigenvalue weighted by molar-refractivity contribution is -0.115. The number of hydrogen-bond acceptors (Lipinski definition) is 5. The van der Waals surface area contributed by atoms with Gasteiger partial charge in [-0.3, -0.25) is 4.79 Å². The Hall–Kier alpha value is -2.44. The number of rotatable bonds is 5. The zero-order valence-electron chi connectivity index (χ0n) is 13.5. The third-order valence-electron chi connectivity index (χ3n) is 3.71. The Bertz CT molecular complexity index is 853. The Morgan fingerprint density at radius 3 is 2.88 bits per heavy atom. The lowest BCUT2D eigenvalue weighted by atomic mass is 10.1. The quantitative estimate of drug-likeness (QED) is 0.741. The van der Waals surface area contributed by atoms with E-state index < -0.39 is 0 Å². The zero-order chi connectivity index (χ0) is 17.1. The molecular formula is C18H18N2O3S. The first-order chi connectivity index (χ1) is 11.6. The van der Waals surface area contributed by atoms with Gasteiger partial charge in [0.25, 0.3) is 0 Å². The predicted molar refractivity (Wildman–Crippen MR) is 94.0 cm³/mol. The SMILES string of the molecule is Cc1ccc(CO)cc1NC(=O)Cc1nc(-c2cccs2)oc1C. The van der Waals surface area contributed by atoms with Gasteiger partial charge in [0, 0.05) is 5.69 Å². The molecule has 2 aromatic heterocycles. The summed E-state index contributed by atoms with van der Waals surface area (Å²) in [6, 6.07) is 9.35. The van der Waals surface area contributed by atoms with E-state index in [1.807, 2.05) is 43.5 Å². The van der Waals surface area contributed by atoms with E-state index in [-0.39, 0.29) is 18.9 Å². The van der Waals surface area contributed by atoms with Gasteiger partial charge in [0.2, 0.25) is 11.8 Å². The van der Waals surface area contributed by atoms with Crippen molar-refractivity contribution in [2.45, 2.75) is 26.9 Å². The minimum atomic E-state index is -0.165. The number of thiophene rings is 1. The van der Waals surface area contributed by atoms with Crippen LogP contribution in [-0.2, 0) is 17.8 Å². The zero-order valence-corrected chi connectivity index (χ0v) is 14.3. The van der Waals surface area contributed by atoms with E-state index >= 15 is 0 Å². The molecule has 1 aromatic carbocycles. The maximum Gasteiger partial charge on any atom is 0.236 e. The second kappa shape index (κ2) is 6.98. The number of nitrogens with zero attached hydrogens (tertiary/aromatic N) is 1. The second-order valence-corrected chi connectivity index (χ2v) is 6.48. The van der Waals surface area contributed by atoms with E-state index in [1.54, 1.807) is 17.4 Å². The van der Waals surface area contributed by atoms with Gasteiger partial charge in [0.1, 0.15) is 5.76 Å². The molecule has 24 heavy (non-hydrogen) atoms. The van der Waals surface area contributed by atoms with Crippen LogP contribution in [0.4, 0.5) is 5.69 Å². The minimum absolute atomic E-state index is 0.0598. The van der Waals surface area contributed by atoms with Crippen LogP contribution in [0.25, 0.3) is 10.8 Å². The molecule has 0 aliphatic heterocycles. The molecule has 0 spiro atoms. The van der Waals surface area contributed by atoms with Gasteiger partial charge in [-0.25, -0.2) is 4.98 Å². The number of aliphatic hydroxyl groups is 1. The number of aryl methyl sites for hydroxylation is 2. The Labute approximate surface area is 144 Å². The first kappa shape index (κ1) is 16.4. The molecule has 6 heteroatoms. The number of hydrogen-bond donors (Lipinski definition) is 2. The molecule has 2 N–H and O–H groups in total. The highest BCUT2D eigenvalue weighted by molar-refractivity contribution is 7.13. The Morgan fingerprint density at radius 1 is 1.33 bits per heavy atom. The molecule has 0 unspecified atom stereocenters. The average molecular weight is 342 g/mol. The van der Waals surface area contributed by atoms with Crippen LogP contribution < -0.4 is 5.32 Å². The summed E-state index contributed by atoms with van der Waals surface area (Å²) >= 11 is 1.55. The first-order valence-electron chi connectivity index (χ1n) is 7.57. The van der Waals surface area contributed by atoms with Crippen molar-refractivity contribution in [3.8, 4) is 10.8 Å². The Morgan fingerprint density at radius 2 is 2.17 bits per heavy atom. The second-order valence-electron chi connectivity index (χ2n) is 5.53. The molecular weight excluding hydrogens is 324 g/mol. The highest BCUT2D eigenvalue weighted by Gasteiger charge is 2.16. The number of oxazole rings is 1. The molecule has 5 nitrogen and oxygen atoms in total. The summed E-state index contributed by atoms with van der Waals surface area (Å²) in [5.74, 6) is 1.03. The van der Waals surface area contributed by atoms with Crippen molar-refractivity contribution >= 4 is 22.9 Å². The molecule has 3 rings (SSSR count). The van der Waals surface area contributed by atoms with E-state index in [1.165, 1.54) is 0 Å². The standard InChI is InChI=1S/C18H18N2O3S/c1-11-5-6-13(10-21)8-14(11)19-17(22)9-15-12(2)23-18(20-15)16-4-3-7-24-16/h3-8,21H,9-10H2,1-2H3,(H,19,22). The Balaban J connectivity index is 1.74. The molecule has 0 radical (unpaired) electrons. The molecule has 0 atom stereocenters. The third kappa shape index (κ3) is 3.55. The topological polar surface area (TPSA) is 75.4 Å². The lowest BCUT2D eigenvalue weighted by Gasteiger charge is -2.09. The van der Waals surface area contributed by atoms with Crippen LogP contribution in [0.15, 0.2) is 40.1 Å². The number of carbonyl (C=O) groups is 1. The van der Waals surface area contributed by atoms with Crippen LogP contribution in [-0.4, -0.2) is 16.0 Å². The summed E-state index contributed by atoms with van der Waals surface area (Å²) in [5, 5.41) is 14.0. The summed E-state index contributed by atoms with van der Waals surface area (Å²) in [7, 11) is 0. The fraction of sp³-hybridized carbons (Fsp3) is 0.222. The minimum Gasteiger partial charge on any atom is -0.440 e. The normalized spacial score (nSPS) is 10.8. The number of benzene rings is 1. The van der Waals surface area contributed by atoms with Gasteiger partial charge >= 0.3 is 0 Å². The molecule has 0 saturated heterocycles. The van der Waals surface area contributed by atoms with Crippen molar-refractivity contribution in [2.75, 3.05) is 5.32 Å². The van der Waals surface area contributed by atoms with Crippen LogP contribution >= 0.6 is 11.3 Å². The first-order valence-corrected chi connectivity index (χ1v) is 8.45. The largest absolute Gasteiger partial charge is 0.440 e. The molecule has 2 heterocycles. The van der Waals surface area contributed by atoms with Gasteiger partial charge in [-0.05, 0) is 42.5 Å². The maximum absolute atomic E-state index is 12.3. The van der Waals surface area contributed by atoms with Crippen LogP contribution in [0.3, 0.4) is 0 Å². The van der Waals surface area contributed by atoms with E-state index in [4.69, 9.17) is 4.42 Å².